The SMILES string of the molecule is COC(=O)c1c(NC(=S)N2CCN(c3cccc(C)c3C)CC2)sc2c1CCCCC2. The number of carbonyl (C=O) groups excluding carboxylic acids is 1. The smallest absolute Gasteiger partial charge is 0.341 e. The number of carbonyl (C=O) groups is 1. The molecule has 0 spiro atoms. The van der Waals surface area contributed by atoms with E-state index in [0.29, 0.717) is 10.7 Å². The van der Waals surface area contributed by atoms with Gasteiger partial charge in [0.15, 0.2) is 5.11 Å². The minimum absolute atomic E-state index is 0.260. The molecule has 1 aromatic heterocycles. The van der Waals surface area contributed by atoms with Crippen molar-refractivity contribution in [3.63, 3.8) is 0 Å². The maximum Gasteiger partial charge on any atom is 0.341 e. The summed E-state index contributed by atoms with van der Waals surface area (Å²) in [5, 5.41) is 4.95. The second kappa shape index (κ2) is 9.57. The van der Waals surface area contributed by atoms with E-state index in [1.807, 2.05) is 0 Å². The molecule has 1 aliphatic carbocycles. The summed E-state index contributed by atoms with van der Waals surface area (Å²) in [5.74, 6) is -0.260. The molecule has 1 fully saturated rings. The third-order valence-electron chi connectivity index (χ3n) is 6.51. The topological polar surface area (TPSA) is 44.8 Å². The number of anilines is 2. The number of esters is 1. The summed E-state index contributed by atoms with van der Waals surface area (Å²) in [5.41, 5.74) is 5.85. The third kappa shape index (κ3) is 4.58. The van der Waals surface area contributed by atoms with Gasteiger partial charge in [0, 0.05) is 36.7 Å². The van der Waals surface area contributed by atoms with E-state index in [0.717, 1.165) is 50.4 Å². The molecule has 0 atom stereocenters. The van der Waals surface area contributed by atoms with Gasteiger partial charge in [-0.3, -0.25) is 0 Å². The Bertz CT molecular complexity index is 977. The van der Waals surface area contributed by atoms with Crippen molar-refractivity contribution in [2.24, 2.45) is 0 Å². The molecule has 31 heavy (non-hydrogen) atoms. The van der Waals surface area contributed by atoms with Crippen LogP contribution in [0, 0.1) is 13.8 Å². The fraction of sp³-hybridized carbons (Fsp3) is 0.500. The third-order valence-corrected chi connectivity index (χ3v) is 8.08. The number of piperazine rings is 1. The van der Waals surface area contributed by atoms with Gasteiger partial charge in [0.25, 0.3) is 0 Å². The molecule has 4 rings (SSSR count). The molecule has 166 valence electrons. The molecule has 5 nitrogen and oxygen atoms in total. The molecule has 1 aliphatic heterocycles. The minimum Gasteiger partial charge on any atom is -0.465 e. The van der Waals surface area contributed by atoms with E-state index in [-0.39, 0.29) is 5.97 Å². The summed E-state index contributed by atoms with van der Waals surface area (Å²) in [6.07, 6.45) is 5.50. The Morgan fingerprint density at radius 3 is 2.58 bits per heavy atom. The van der Waals surface area contributed by atoms with Crippen molar-refractivity contribution in [1.82, 2.24) is 4.90 Å². The zero-order chi connectivity index (χ0) is 22.0. The molecule has 0 saturated carbocycles. The fourth-order valence-corrected chi connectivity index (χ4v) is 6.18. The van der Waals surface area contributed by atoms with E-state index < -0.39 is 0 Å². The summed E-state index contributed by atoms with van der Waals surface area (Å²) in [6.45, 7) is 7.93. The number of hydrogen-bond acceptors (Lipinski definition) is 5. The first kappa shape index (κ1) is 22.1. The van der Waals surface area contributed by atoms with Gasteiger partial charge in [0.05, 0.1) is 12.7 Å². The quantitative estimate of drug-likeness (QED) is 0.400. The summed E-state index contributed by atoms with van der Waals surface area (Å²) >= 11 is 7.43. The van der Waals surface area contributed by atoms with Crippen molar-refractivity contribution in [2.45, 2.75) is 46.0 Å². The van der Waals surface area contributed by atoms with Gasteiger partial charge in [-0.2, -0.15) is 0 Å². The van der Waals surface area contributed by atoms with Crippen LogP contribution in [-0.4, -0.2) is 49.3 Å². The molecule has 1 saturated heterocycles. The molecule has 0 bridgehead atoms. The van der Waals surface area contributed by atoms with Crippen LogP contribution in [-0.2, 0) is 17.6 Å². The van der Waals surface area contributed by atoms with E-state index in [9.17, 15) is 4.79 Å². The zero-order valence-corrected chi connectivity index (χ0v) is 20.3. The first-order valence-corrected chi connectivity index (χ1v) is 12.3. The van der Waals surface area contributed by atoms with Crippen LogP contribution in [0.2, 0.25) is 0 Å². The molecule has 0 unspecified atom stereocenters. The average molecular weight is 458 g/mol. The van der Waals surface area contributed by atoms with Crippen LogP contribution < -0.4 is 10.2 Å². The van der Waals surface area contributed by atoms with Gasteiger partial charge < -0.3 is 19.9 Å². The lowest BCUT2D eigenvalue weighted by molar-refractivity contribution is 0.0601. The number of thiocarbonyl (C=S) groups is 1. The van der Waals surface area contributed by atoms with Gasteiger partial charge in [-0.05, 0) is 74.5 Å². The van der Waals surface area contributed by atoms with Crippen LogP contribution in [0.1, 0.15) is 51.2 Å². The number of nitrogens with one attached hydrogen (secondary N) is 1. The van der Waals surface area contributed by atoms with E-state index in [4.69, 9.17) is 17.0 Å². The molecule has 2 heterocycles. The average Bonchev–Trinajstić information content (AvgIpc) is 2.95. The number of hydrogen-bond donors (Lipinski definition) is 1. The first-order chi connectivity index (χ1) is 15.0. The highest BCUT2D eigenvalue weighted by Gasteiger charge is 2.27. The molecule has 2 aromatic rings. The number of rotatable bonds is 3. The monoisotopic (exact) mass is 457 g/mol. The molecule has 1 N–H and O–H groups in total. The van der Waals surface area contributed by atoms with Gasteiger partial charge in [0.1, 0.15) is 5.00 Å². The van der Waals surface area contributed by atoms with E-state index in [1.165, 1.54) is 47.2 Å². The second-order valence-electron chi connectivity index (χ2n) is 8.38. The Labute approximate surface area is 194 Å². The van der Waals surface area contributed by atoms with Crippen LogP contribution in [0.5, 0.6) is 0 Å². The van der Waals surface area contributed by atoms with Crippen LogP contribution in [0.3, 0.4) is 0 Å². The summed E-state index contributed by atoms with van der Waals surface area (Å²) in [6, 6.07) is 6.50. The van der Waals surface area contributed by atoms with Crippen LogP contribution in [0.4, 0.5) is 10.7 Å². The normalized spacial score (nSPS) is 16.5. The molecule has 2 aliphatic rings. The second-order valence-corrected chi connectivity index (χ2v) is 9.88. The fourth-order valence-electron chi connectivity index (χ4n) is 4.55. The predicted molar refractivity (Wildman–Crippen MR) is 133 cm³/mol. The number of nitrogens with zero attached hydrogens (tertiary/aromatic N) is 2. The first-order valence-electron chi connectivity index (χ1n) is 11.1. The lowest BCUT2D eigenvalue weighted by Crippen LogP contribution is -2.50. The Balaban J connectivity index is 1.46. The zero-order valence-electron chi connectivity index (χ0n) is 18.6. The van der Waals surface area contributed by atoms with Crippen molar-refractivity contribution < 1.29 is 9.53 Å². The van der Waals surface area contributed by atoms with Gasteiger partial charge in [-0.25, -0.2) is 4.79 Å². The van der Waals surface area contributed by atoms with E-state index in [1.54, 1.807) is 11.3 Å². The lowest BCUT2D eigenvalue weighted by atomic mass is 10.1. The number of methoxy groups -OCH3 is 1. The molecule has 7 heteroatoms. The van der Waals surface area contributed by atoms with Crippen molar-refractivity contribution in [3.8, 4) is 0 Å². The highest BCUT2D eigenvalue weighted by Crippen LogP contribution is 2.38. The number of thiophene rings is 1. The van der Waals surface area contributed by atoms with Gasteiger partial charge in [-0.1, -0.05) is 18.6 Å². The number of fused-ring (bicyclic) bond motifs is 1. The van der Waals surface area contributed by atoms with Crippen LogP contribution in [0.15, 0.2) is 18.2 Å². The lowest BCUT2D eigenvalue weighted by Gasteiger charge is -2.38. The van der Waals surface area contributed by atoms with Gasteiger partial charge >= 0.3 is 5.97 Å². The van der Waals surface area contributed by atoms with E-state index in [2.05, 4.69) is 47.2 Å². The van der Waals surface area contributed by atoms with Crippen molar-refractivity contribution >= 4 is 45.3 Å². The standard InChI is InChI=1S/C24H31N3O2S2/c1-16-8-7-10-19(17(16)2)26-12-14-27(15-13-26)24(30)25-22-21(23(28)29-3)18-9-5-4-6-11-20(18)31-22/h7-8,10H,4-6,9,11-15H2,1-3H3,(H,25,30). The van der Waals surface area contributed by atoms with Crippen LogP contribution >= 0.6 is 23.6 Å². The Hall–Kier alpha value is -2.12. The Morgan fingerprint density at radius 2 is 1.84 bits per heavy atom. The molecule has 0 amide bonds. The summed E-state index contributed by atoms with van der Waals surface area (Å²) < 4.78 is 5.12. The summed E-state index contributed by atoms with van der Waals surface area (Å²) in [4.78, 5) is 18.5. The number of benzene rings is 1. The van der Waals surface area contributed by atoms with Gasteiger partial charge in [0.2, 0.25) is 0 Å². The van der Waals surface area contributed by atoms with Crippen LogP contribution in [0.25, 0.3) is 0 Å². The highest BCUT2D eigenvalue weighted by molar-refractivity contribution is 7.80. The Morgan fingerprint density at radius 1 is 1.10 bits per heavy atom. The van der Waals surface area contributed by atoms with E-state index >= 15 is 0 Å². The summed E-state index contributed by atoms with van der Waals surface area (Å²) in [7, 11) is 1.46. The molecular weight excluding hydrogens is 426 g/mol. The molecule has 0 radical (unpaired) electrons. The maximum atomic E-state index is 12.6. The Kier molecular flexibility index (Phi) is 6.82. The van der Waals surface area contributed by atoms with Gasteiger partial charge in [-0.15, -0.1) is 11.3 Å². The predicted octanol–water partition coefficient (Wildman–Crippen LogP) is 4.94. The number of ether oxygens (including phenoxy) is 1. The van der Waals surface area contributed by atoms with Crippen molar-refractivity contribution in [3.05, 3.63) is 45.3 Å². The highest BCUT2D eigenvalue weighted by atomic mass is 32.1. The number of aryl methyl sites for hydroxylation is 2. The minimum atomic E-state index is -0.260. The molecular formula is C24H31N3O2S2. The molecule has 1 aromatic carbocycles. The van der Waals surface area contributed by atoms with Crippen molar-refractivity contribution in [1.29, 1.82) is 0 Å². The maximum absolute atomic E-state index is 12.6. The largest absolute Gasteiger partial charge is 0.465 e. The van der Waals surface area contributed by atoms with Crippen molar-refractivity contribution in [2.75, 3.05) is 43.5 Å².